The topological polar surface area (TPSA) is 41.6 Å². The molecule has 2 aliphatic heterocycles. The molecule has 4 nitrogen and oxygen atoms in total. The molecule has 2 fully saturated rings. The van der Waals surface area contributed by atoms with Crippen molar-refractivity contribution in [2.24, 2.45) is 5.41 Å². The maximum absolute atomic E-state index is 12.9. The summed E-state index contributed by atoms with van der Waals surface area (Å²) in [4.78, 5) is 14.9. The third-order valence-corrected chi connectivity index (χ3v) is 4.68. The summed E-state index contributed by atoms with van der Waals surface area (Å²) in [6.07, 6.45) is 4.08. The van der Waals surface area contributed by atoms with Gasteiger partial charge < -0.3 is 15.0 Å². The Bertz CT molecular complexity index is 472. The van der Waals surface area contributed by atoms with Crippen molar-refractivity contribution in [3.05, 3.63) is 24.3 Å². The number of amides is 1. The zero-order valence-corrected chi connectivity index (χ0v) is 12.0. The molecule has 2 heterocycles. The molecule has 1 N–H and O–H groups in total. The van der Waals surface area contributed by atoms with Crippen LogP contribution in [0.2, 0.25) is 0 Å². The second-order valence-electron chi connectivity index (χ2n) is 5.79. The monoisotopic (exact) mass is 274 g/mol. The molecule has 0 radical (unpaired) electrons. The SMILES string of the molecule is COc1ccc(N2CCCC3(CCNCC3)C2=O)cc1. The van der Waals surface area contributed by atoms with Crippen molar-refractivity contribution >= 4 is 11.6 Å². The number of anilines is 1. The molecule has 20 heavy (non-hydrogen) atoms. The first-order valence-electron chi connectivity index (χ1n) is 7.42. The summed E-state index contributed by atoms with van der Waals surface area (Å²) in [5, 5.41) is 3.36. The van der Waals surface area contributed by atoms with Gasteiger partial charge in [0, 0.05) is 12.2 Å². The Morgan fingerprint density at radius 3 is 2.50 bits per heavy atom. The molecule has 4 heteroatoms. The first kappa shape index (κ1) is 13.4. The molecule has 108 valence electrons. The summed E-state index contributed by atoms with van der Waals surface area (Å²) in [6, 6.07) is 7.81. The summed E-state index contributed by atoms with van der Waals surface area (Å²) in [7, 11) is 1.66. The molecule has 0 aliphatic carbocycles. The Morgan fingerprint density at radius 2 is 1.85 bits per heavy atom. The van der Waals surface area contributed by atoms with E-state index in [0.717, 1.165) is 56.8 Å². The second-order valence-corrected chi connectivity index (χ2v) is 5.79. The molecule has 2 aliphatic rings. The van der Waals surface area contributed by atoms with Crippen molar-refractivity contribution in [3.8, 4) is 5.75 Å². The van der Waals surface area contributed by atoms with Gasteiger partial charge in [-0.05, 0) is 63.0 Å². The average molecular weight is 274 g/mol. The maximum Gasteiger partial charge on any atom is 0.233 e. The van der Waals surface area contributed by atoms with Gasteiger partial charge in [-0.2, -0.15) is 0 Å². The third-order valence-electron chi connectivity index (χ3n) is 4.68. The van der Waals surface area contributed by atoms with Crippen molar-refractivity contribution in [3.63, 3.8) is 0 Å². The normalized spacial score (nSPS) is 22.1. The van der Waals surface area contributed by atoms with Crippen LogP contribution in [0.1, 0.15) is 25.7 Å². The zero-order chi connectivity index (χ0) is 14.0. The number of carbonyl (C=O) groups excluding carboxylic acids is 1. The van der Waals surface area contributed by atoms with Gasteiger partial charge in [0.25, 0.3) is 0 Å². The van der Waals surface area contributed by atoms with Crippen LogP contribution in [0.15, 0.2) is 24.3 Å². The van der Waals surface area contributed by atoms with Crippen molar-refractivity contribution < 1.29 is 9.53 Å². The van der Waals surface area contributed by atoms with E-state index in [1.54, 1.807) is 7.11 Å². The lowest BCUT2D eigenvalue weighted by Crippen LogP contribution is -2.53. The molecular weight excluding hydrogens is 252 g/mol. The number of rotatable bonds is 2. The van der Waals surface area contributed by atoms with Crippen LogP contribution in [0.5, 0.6) is 5.75 Å². The molecule has 0 atom stereocenters. The standard InChI is InChI=1S/C16H22N2O2/c1-20-14-5-3-13(4-6-14)18-12-2-7-16(15(18)19)8-10-17-11-9-16/h3-6,17H,2,7-12H2,1H3. The molecule has 1 aromatic carbocycles. The van der Waals surface area contributed by atoms with Crippen LogP contribution in [0.3, 0.4) is 0 Å². The number of nitrogens with zero attached hydrogens (tertiary/aromatic N) is 1. The van der Waals surface area contributed by atoms with Gasteiger partial charge in [0.15, 0.2) is 0 Å². The number of carbonyl (C=O) groups is 1. The Kier molecular flexibility index (Phi) is 3.66. The maximum atomic E-state index is 12.9. The lowest BCUT2D eigenvalue weighted by Gasteiger charge is -2.44. The van der Waals surface area contributed by atoms with Gasteiger partial charge in [-0.15, -0.1) is 0 Å². The molecule has 2 saturated heterocycles. The molecule has 0 saturated carbocycles. The second kappa shape index (κ2) is 5.44. The van der Waals surface area contributed by atoms with E-state index in [0.29, 0.717) is 5.91 Å². The van der Waals surface area contributed by atoms with Gasteiger partial charge in [-0.25, -0.2) is 0 Å². The first-order chi connectivity index (χ1) is 9.75. The number of nitrogens with one attached hydrogen (secondary N) is 1. The number of methoxy groups -OCH3 is 1. The number of piperidine rings is 2. The van der Waals surface area contributed by atoms with Crippen LogP contribution in [0.25, 0.3) is 0 Å². The van der Waals surface area contributed by atoms with Crippen LogP contribution in [-0.4, -0.2) is 32.7 Å². The number of hydrogen-bond donors (Lipinski definition) is 1. The van der Waals surface area contributed by atoms with E-state index in [-0.39, 0.29) is 5.41 Å². The van der Waals surface area contributed by atoms with Crippen LogP contribution < -0.4 is 15.0 Å². The summed E-state index contributed by atoms with van der Waals surface area (Å²) in [5.74, 6) is 1.14. The summed E-state index contributed by atoms with van der Waals surface area (Å²) < 4.78 is 5.18. The minimum Gasteiger partial charge on any atom is -0.497 e. The van der Waals surface area contributed by atoms with Crippen LogP contribution >= 0.6 is 0 Å². The Labute approximate surface area is 120 Å². The van der Waals surface area contributed by atoms with E-state index in [2.05, 4.69) is 5.32 Å². The van der Waals surface area contributed by atoms with Gasteiger partial charge in [-0.3, -0.25) is 4.79 Å². The fourth-order valence-corrected chi connectivity index (χ4v) is 3.45. The molecular formula is C16H22N2O2. The molecule has 1 amide bonds. The quantitative estimate of drug-likeness (QED) is 0.899. The number of ether oxygens (including phenoxy) is 1. The van der Waals surface area contributed by atoms with E-state index in [4.69, 9.17) is 4.74 Å². The predicted molar refractivity (Wildman–Crippen MR) is 79.1 cm³/mol. The van der Waals surface area contributed by atoms with E-state index in [9.17, 15) is 4.79 Å². The lowest BCUT2D eigenvalue weighted by molar-refractivity contribution is -0.132. The van der Waals surface area contributed by atoms with Crippen molar-refractivity contribution in [1.29, 1.82) is 0 Å². The Morgan fingerprint density at radius 1 is 1.15 bits per heavy atom. The highest BCUT2D eigenvalue weighted by molar-refractivity contribution is 5.98. The minimum atomic E-state index is -0.122. The average Bonchev–Trinajstić information content (AvgIpc) is 2.51. The Hall–Kier alpha value is -1.55. The summed E-state index contributed by atoms with van der Waals surface area (Å²) in [6.45, 7) is 2.75. The molecule has 0 unspecified atom stereocenters. The fourth-order valence-electron chi connectivity index (χ4n) is 3.45. The zero-order valence-electron chi connectivity index (χ0n) is 12.0. The largest absolute Gasteiger partial charge is 0.497 e. The van der Waals surface area contributed by atoms with Gasteiger partial charge in [0.2, 0.25) is 5.91 Å². The highest BCUT2D eigenvalue weighted by Crippen LogP contribution is 2.40. The lowest BCUT2D eigenvalue weighted by atomic mass is 9.72. The van der Waals surface area contributed by atoms with Crippen LogP contribution in [0.4, 0.5) is 5.69 Å². The summed E-state index contributed by atoms with van der Waals surface area (Å²) >= 11 is 0. The molecule has 3 rings (SSSR count). The molecule has 1 aromatic rings. The van der Waals surface area contributed by atoms with Gasteiger partial charge in [0.1, 0.15) is 5.75 Å². The first-order valence-corrected chi connectivity index (χ1v) is 7.42. The summed E-state index contributed by atoms with van der Waals surface area (Å²) in [5.41, 5.74) is 0.872. The highest BCUT2D eigenvalue weighted by Gasteiger charge is 2.44. The van der Waals surface area contributed by atoms with Crippen LogP contribution in [-0.2, 0) is 4.79 Å². The fraction of sp³-hybridized carbons (Fsp3) is 0.562. The van der Waals surface area contributed by atoms with Gasteiger partial charge >= 0.3 is 0 Å². The van der Waals surface area contributed by atoms with Crippen molar-refractivity contribution in [2.45, 2.75) is 25.7 Å². The number of hydrogen-bond acceptors (Lipinski definition) is 3. The molecule has 1 spiro atoms. The number of benzene rings is 1. The predicted octanol–water partition coefficient (Wildman–Crippen LogP) is 2.19. The minimum absolute atomic E-state index is 0.122. The van der Waals surface area contributed by atoms with Crippen LogP contribution in [0, 0.1) is 5.41 Å². The highest BCUT2D eigenvalue weighted by atomic mass is 16.5. The molecule has 0 bridgehead atoms. The van der Waals surface area contributed by atoms with Gasteiger partial charge in [-0.1, -0.05) is 0 Å². The molecule has 0 aromatic heterocycles. The van der Waals surface area contributed by atoms with E-state index < -0.39 is 0 Å². The van der Waals surface area contributed by atoms with E-state index in [1.807, 2.05) is 29.2 Å². The van der Waals surface area contributed by atoms with E-state index in [1.165, 1.54) is 0 Å². The van der Waals surface area contributed by atoms with E-state index >= 15 is 0 Å². The van der Waals surface area contributed by atoms with Crippen molar-refractivity contribution in [1.82, 2.24) is 5.32 Å². The Balaban J connectivity index is 1.83. The third kappa shape index (κ3) is 2.29. The van der Waals surface area contributed by atoms with Crippen molar-refractivity contribution in [2.75, 3.05) is 31.6 Å². The smallest absolute Gasteiger partial charge is 0.233 e. The van der Waals surface area contributed by atoms with Gasteiger partial charge in [0.05, 0.1) is 12.5 Å².